The molecule has 1 aromatic carbocycles. The van der Waals surface area contributed by atoms with Gasteiger partial charge in [0.15, 0.2) is 0 Å². The number of benzene rings is 1. The third-order valence-corrected chi connectivity index (χ3v) is 4.01. The van der Waals surface area contributed by atoms with E-state index in [1.807, 2.05) is 10.6 Å². The third kappa shape index (κ3) is 2.59. The average molecular weight is 320 g/mol. The lowest BCUT2D eigenvalue weighted by Gasteiger charge is -2.06. The fourth-order valence-electron chi connectivity index (χ4n) is 2.07. The van der Waals surface area contributed by atoms with Crippen LogP contribution >= 0.6 is 15.9 Å². The van der Waals surface area contributed by atoms with Gasteiger partial charge in [-0.3, -0.25) is 0 Å². The number of rotatable bonds is 4. The quantitative estimate of drug-likeness (QED) is 0.867. The topological polar surface area (TPSA) is 43.8 Å². The summed E-state index contributed by atoms with van der Waals surface area (Å²) in [6.45, 7) is 8.60. The molecule has 0 atom stereocenters. The molecule has 2 aromatic rings. The Morgan fingerprint density at radius 3 is 2.79 bits per heavy atom. The van der Waals surface area contributed by atoms with Gasteiger partial charge in [-0.05, 0) is 18.6 Å². The zero-order valence-electron chi connectivity index (χ0n) is 11.3. The van der Waals surface area contributed by atoms with Gasteiger partial charge >= 0.3 is 0 Å². The Kier molecular flexibility index (Phi) is 4.10. The van der Waals surface area contributed by atoms with Gasteiger partial charge < -0.3 is 10.3 Å². The van der Waals surface area contributed by atoms with E-state index < -0.39 is 0 Å². The van der Waals surface area contributed by atoms with Crippen molar-refractivity contribution in [2.75, 3.05) is 5.73 Å². The number of nitrogens with two attached hydrogens (primary N) is 1. The van der Waals surface area contributed by atoms with E-state index in [4.69, 9.17) is 5.73 Å². The van der Waals surface area contributed by atoms with Crippen LogP contribution in [-0.2, 0) is 13.0 Å². The minimum Gasteiger partial charge on any atom is -0.383 e. The fourth-order valence-corrected chi connectivity index (χ4v) is 2.45. The molecular formula is C15H18BrN3. The molecule has 100 valence electrons. The van der Waals surface area contributed by atoms with E-state index in [-0.39, 0.29) is 0 Å². The summed E-state index contributed by atoms with van der Waals surface area (Å²) in [4.78, 5) is 4.66. The average Bonchev–Trinajstić information content (AvgIpc) is 2.71. The Balaban J connectivity index is 2.55. The van der Waals surface area contributed by atoms with Crippen molar-refractivity contribution in [3.8, 4) is 11.3 Å². The summed E-state index contributed by atoms with van der Waals surface area (Å²) in [5.41, 5.74) is 9.30. The van der Waals surface area contributed by atoms with Crippen molar-refractivity contribution in [2.45, 2.75) is 26.8 Å². The molecule has 0 amide bonds. The predicted octanol–water partition coefficient (Wildman–Crippen LogP) is 3.95. The smallest absolute Gasteiger partial charge is 0.132 e. The van der Waals surface area contributed by atoms with E-state index in [2.05, 4.69) is 59.5 Å². The number of aryl methyl sites for hydroxylation is 2. The molecule has 2 N–H and O–H groups in total. The van der Waals surface area contributed by atoms with Crippen molar-refractivity contribution in [3.05, 3.63) is 46.7 Å². The lowest BCUT2D eigenvalue weighted by molar-refractivity contribution is 0.757. The molecule has 3 nitrogen and oxygen atoms in total. The summed E-state index contributed by atoms with van der Waals surface area (Å²) in [5, 5.41) is 0. The summed E-state index contributed by atoms with van der Waals surface area (Å²) < 4.78 is 3.08. The van der Waals surface area contributed by atoms with E-state index in [0.717, 1.165) is 28.0 Å². The summed E-state index contributed by atoms with van der Waals surface area (Å²) in [7, 11) is 0. The molecule has 0 fully saturated rings. The summed E-state index contributed by atoms with van der Waals surface area (Å²) in [6.07, 6.45) is 2.69. The van der Waals surface area contributed by atoms with Crippen molar-refractivity contribution < 1.29 is 0 Å². The number of aromatic nitrogens is 2. The predicted molar refractivity (Wildman–Crippen MR) is 84.1 cm³/mol. The zero-order chi connectivity index (χ0) is 14.0. The number of hydrogen-bond donors (Lipinski definition) is 1. The number of nitrogen functional groups attached to an aromatic ring is 1. The van der Waals surface area contributed by atoms with E-state index in [1.54, 1.807) is 0 Å². The largest absolute Gasteiger partial charge is 0.383 e. The fraction of sp³-hybridized carbons (Fsp3) is 0.267. The maximum absolute atomic E-state index is 6.22. The van der Waals surface area contributed by atoms with Crippen LogP contribution in [0.15, 0.2) is 35.3 Å². The van der Waals surface area contributed by atoms with E-state index >= 15 is 0 Å². The number of imidazole rings is 1. The minimum absolute atomic E-state index is 0.690. The van der Waals surface area contributed by atoms with E-state index in [0.29, 0.717) is 12.4 Å². The van der Waals surface area contributed by atoms with Gasteiger partial charge in [0.25, 0.3) is 0 Å². The first-order chi connectivity index (χ1) is 9.08. The Morgan fingerprint density at radius 1 is 1.47 bits per heavy atom. The standard InChI is InChI=1S/C15H18BrN3/c1-4-8-19-13(5-2)18-14(15(19)17)11-7-6-10(3)12(16)9-11/h4,6-7,9H,1,5,8,17H2,2-3H3. The lowest BCUT2D eigenvalue weighted by Crippen LogP contribution is -2.05. The highest BCUT2D eigenvalue weighted by molar-refractivity contribution is 9.10. The molecule has 0 unspecified atom stereocenters. The molecule has 0 aliphatic heterocycles. The van der Waals surface area contributed by atoms with Gasteiger partial charge in [-0.25, -0.2) is 4.98 Å². The first kappa shape index (κ1) is 13.9. The summed E-state index contributed by atoms with van der Waals surface area (Å²) in [5.74, 6) is 1.69. The van der Waals surface area contributed by atoms with Gasteiger partial charge in [0.2, 0.25) is 0 Å². The number of nitrogens with zero attached hydrogens (tertiary/aromatic N) is 2. The molecule has 1 heterocycles. The lowest BCUT2D eigenvalue weighted by atomic mass is 10.1. The van der Waals surface area contributed by atoms with Gasteiger partial charge in [0, 0.05) is 23.0 Å². The van der Waals surface area contributed by atoms with Crippen LogP contribution in [-0.4, -0.2) is 9.55 Å². The SMILES string of the molecule is C=CCn1c(CC)nc(-c2ccc(C)c(Br)c2)c1N. The van der Waals surface area contributed by atoms with Crippen LogP contribution in [0.2, 0.25) is 0 Å². The maximum Gasteiger partial charge on any atom is 0.132 e. The van der Waals surface area contributed by atoms with Crippen molar-refractivity contribution in [3.63, 3.8) is 0 Å². The Bertz CT molecular complexity index is 614. The van der Waals surface area contributed by atoms with Gasteiger partial charge in [-0.2, -0.15) is 0 Å². The van der Waals surface area contributed by atoms with Gasteiger partial charge in [-0.1, -0.05) is 41.1 Å². The third-order valence-electron chi connectivity index (χ3n) is 3.16. The van der Waals surface area contributed by atoms with Crippen LogP contribution in [0.25, 0.3) is 11.3 Å². The molecular weight excluding hydrogens is 302 g/mol. The molecule has 0 bridgehead atoms. The number of hydrogen-bond acceptors (Lipinski definition) is 2. The second-order valence-electron chi connectivity index (χ2n) is 4.48. The zero-order valence-corrected chi connectivity index (χ0v) is 12.9. The normalized spacial score (nSPS) is 10.7. The van der Waals surface area contributed by atoms with Crippen LogP contribution in [0.3, 0.4) is 0 Å². The molecule has 19 heavy (non-hydrogen) atoms. The molecule has 0 saturated heterocycles. The molecule has 0 saturated carbocycles. The second kappa shape index (κ2) is 5.61. The number of anilines is 1. The monoisotopic (exact) mass is 319 g/mol. The van der Waals surface area contributed by atoms with E-state index in [9.17, 15) is 0 Å². The van der Waals surface area contributed by atoms with Crippen LogP contribution < -0.4 is 5.73 Å². The van der Waals surface area contributed by atoms with Crippen molar-refractivity contribution in [1.29, 1.82) is 0 Å². The number of halogens is 1. The maximum atomic E-state index is 6.22. The second-order valence-corrected chi connectivity index (χ2v) is 5.33. The van der Waals surface area contributed by atoms with Gasteiger partial charge in [0.1, 0.15) is 17.3 Å². The van der Waals surface area contributed by atoms with Gasteiger partial charge in [0.05, 0.1) is 0 Å². The summed E-state index contributed by atoms with van der Waals surface area (Å²) >= 11 is 3.55. The first-order valence-electron chi connectivity index (χ1n) is 6.30. The van der Waals surface area contributed by atoms with Crippen molar-refractivity contribution >= 4 is 21.7 Å². The van der Waals surface area contributed by atoms with Crippen molar-refractivity contribution in [1.82, 2.24) is 9.55 Å². The molecule has 1 aromatic heterocycles. The molecule has 0 radical (unpaired) electrons. The van der Waals surface area contributed by atoms with Crippen molar-refractivity contribution in [2.24, 2.45) is 0 Å². The number of allylic oxidation sites excluding steroid dienone is 1. The van der Waals surface area contributed by atoms with E-state index in [1.165, 1.54) is 5.56 Å². The Morgan fingerprint density at radius 2 is 2.21 bits per heavy atom. The van der Waals surface area contributed by atoms with Crippen LogP contribution in [0, 0.1) is 6.92 Å². The Hall–Kier alpha value is -1.55. The first-order valence-corrected chi connectivity index (χ1v) is 7.10. The van der Waals surface area contributed by atoms with Gasteiger partial charge in [-0.15, -0.1) is 6.58 Å². The highest BCUT2D eigenvalue weighted by Gasteiger charge is 2.14. The molecule has 4 heteroatoms. The molecule has 0 aliphatic carbocycles. The highest BCUT2D eigenvalue weighted by Crippen LogP contribution is 2.30. The molecule has 0 spiro atoms. The summed E-state index contributed by atoms with van der Waals surface area (Å²) in [6, 6.07) is 6.18. The Labute approximate surface area is 122 Å². The van der Waals surface area contributed by atoms with Crippen LogP contribution in [0.5, 0.6) is 0 Å². The van der Waals surface area contributed by atoms with Crippen LogP contribution in [0.4, 0.5) is 5.82 Å². The molecule has 0 aliphatic rings. The minimum atomic E-state index is 0.690. The van der Waals surface area contributed by atoms with Crippen LogP contribution in [0.1, 0.15) is 18.3 Å². The highest BCUT2D eigenvalue weighted by atomic mass is 79.9. The molecule has 2 rings (SSSR count).